The summed E-state index contributed by atoms with van der Waals surface area (Å²) in [6.07, 6.45) is 7.18. The molecule has 2 aromatic carbocycles. The average Bonchev–Trinajstić information content (AvgIpc) is 3.14. The molecule has 1 N–H and O–H groups in total. The fraction of sp³-hybridized carbons (Fsp3) is 0.130. The third-order valence-corrected chi connectivity index (χ3v) is 4.92. The molecule has 6 heteroatoms. The fourth-order valence-electron chi connectivity index (χ4n) is 3.37. The number of nitrogens with zero attached hydrogens (tertiary/aromatic N) is 4. The number of amides is 1. The van der Waals surface area contributed by atoms with Crippen molar-refractivity contribution in [3.8, 4) is 5.82 Å². The molecule has 0 unspecified atom stereocenters. The van der Waals surface area contributed by atoms with Crippen molar-refractivity contribution in [2.45, 2.75) is 20.3 Å². The van der Waals surface area contributed by atoms with E-state index in [0.717, 1.165) is 16.7 Å². The molecule has 0 spiro atoms. The summed E-state index contributed by atoms with van der Waals surface area (Å²) in [5, 5.41) is 2.77. The van der Waals surface area contributed by atoms with Gasteiger partial charge in [-0.15, -0.1) is 0 Å². The Morgan fingerprint density at radius 1 is 1.17 bits per heavy atom. The molecule has 2 aromatic heterocycles. The van der Waals surface area contributed by atoms with Crippen LogP contribution in [0.2, 0.25) is 0 Å². The molecule has 0 aliphatic heterocycles. The second-order valence-electron chi connectivity index (χ2n) is 6.93. The maximum atomic E-state index is 11.6. The molecular weight excluding hydrogens is 362 g/mol. The number of aromatic nitrogens is 4. The van der Waals surface area contributed by atoms with Crippen LogP contribution in [-0.4, -0.2) is 25.4 Å². The minimum Gasteiger partial charge on any atom is -0.322 e. The third kappa shape index (κ3) is 3.78. The van der Waals surface area contributed by atoms with Crippen LogP contribution in [0.25, 0.3) is 16.9 Å². The highest BCUT2D eigenvalue weighted by Gasteiger charge is 2.10. The average molecular weight is 383 g/mol. The Bertz CT molecular complexity index is 1200. The molecule has 0 saturated heterocycles. The van der Waals surface area contributed by atoms with Crippen molar-refractivity contribution in [2.75, 3.05) is 5.32 Å². The van der Waals surface area contributed by atoms with Crippen LogP contribution in [0.4, 0.5) is 5.69 Å². The first-order chi connectivity index (χ1) is 14.0. The summed E-state index contributed by atoms with van der Waals surface area (Å²) < 4.78 is 1.88. The number of anilines is 1. The minimum atomic E-state index is -0.259. The smallest absolute Gasteiger partial charge is 0.247 e. The zero-order valence-electron chi connectivity index (χ0n) is 16.4. The van der Waals surface area contributed by atoms with Gasteiger partial charge in [0.15, 0.2) is 5.82 Å². The maximum absolute atomic E-state index is 11.6. The molecule has 6 nitrogen and oxygen atoms in total. The van der Waals surface area contributed by atoms with Crippen LogP contribution < -0.4 is 5.32 Å². The molecule has 0 fully saturated rings. The van der Waals surface area contributed by atoms with Crippen LogP contribution in [-0.2, 0) is 11.2 Å². The van der Waals surface area contributed by atoms with Crippen LogP contribution in [0, 0.1) is 13.8 Å². The zero-order chi connectivity index (χ0) is 20.4. The molecule has 0 radical (unpaired) electrons. The standard InChI is InChI=1S/C23H21N5O/c1-4-23(29)27-17-8-9-20-21(11-17)28(14-25-20)22-13-24-12-18(26-22)10-19-15(2)6-5-7-16(19)3/h4-9,11-14H,1,10H2,2-3H3,(H,27,29). The molecule has 0 aliphatic rings. The molecule has 1 amide bonds. The first-order valence-electron chi connectivity index (χ1n) is 9.32. The van der Waals surface area contributed by atoms with E-state index in [1.165, 1.54) is 22.8 Å². The van der Waals surface area contributed by atoms with Crippen molar-refractivity contribution in [3.05, 3.63) is 90.2 Å². The van der Waals surface area contributed by atoms with E-state index in [4.69, 9.17) is 4.98 Å². The SMILES string of the molecule is C=CC(=O)Nc1ccc2ncn(-c3cncc(Cc4c(C)cccc4C)n3)c2c1. The number of carbonyl (C=O) groups is 1. The van der Waals surface area contributed by atoms with Gasteiger partial charge in [0.25, 0.3) is 0 Å². The molecule has 4 aromatic rings. The quantitative estimate of drug-likeness (QED) is 0.526. The zero-order valence-corrected chi connectivity index (χ0v) is 16.4. The van der Waals surface area contributed by atoms with Crippen LogP contribution in [0.5, 0.6) is 0 Å². The molecule has 29 heavy (non-hydrogen) atoms. The van der Waals surface area contributed by atoms with Crippen LogP contribution in [0.1, 0.15) is 22.4 Å². The highest BCUT2D eigenvalue weighted by atomic mass is 16.1. The Labute approximate surface area is 169 Å². The highest BCUT2D eigenvalue weighted by molar-refractivity contribution is 6.00. The summed E-state index contributed by atoms with van der Waals surface area (Å²) >= 11 is 0. The second-order valence-corrected chi connectivity index (χ2v) is 6.93. The first-order valence-corrected chi connectivity index (χ1v) is 9.32. The van der Waals surface area contributed by atoms with Gasteiger partial charge in [0.2, 0.25) is 5.91 Å². The van der Waals surface area contributed by atoms with Gasteiger partial charge in [-0.1, -0.05) is 24.8 Å². The van der Waals surface area contributed by atoms with Gasteiger partial charge in [0, 0.05) is 18.3 Å². The van der Waals surface area contributed by atoms with Crippen molar-refractivity contribution in [1.29, 1.82) is 0 Å². The lowest BCUT2D eigenvalue weighted by molar-refractivity contribution is -0.111. The van der Waals surface area contributed by atoms with E-state index in [1.54, 1.807) is 18.7 Å². The van der Waals surface area contributed by atoms with E-state index in [-0.39, 0.29) is 5.91 Å². The number of aryl methyl sites for hydroxylation is 2. The van der Waals surface area contributed by atoms with E-state index in [9.17, 15) is 4.79 Å². The van der Waals surface area contributed by atoms with Gasteiger partial charge in [0.05, 0.1) is 22.9 Å². The molecule has 0 aliphatic carbocycles. The lowest BCUT2D eigenvalue weighted by atomic mass is 9.99. The predicted octanol–water partition coefficient (Wildman–Crippen LogP) is 4.15. The van der Waals surface area contributed by atoms with Gasteiger partial charge in [0.1, 0.15) is 6.33 Å². The Kier molecular flexibility index (Phi) is 4.91. The van der Waals surface area contributed by atoms with Crippen molar-refractivity contribution in [2.24, 2.45) is 0 Å². The number of hydrogen-bond donors (Lipinski definition) is 1. The van der Waals surface area contributed by atoms with Gasteiger partial charge in [-0.2, -0.15) is 0 Å². The Morgan fingerprint density at radius 3 is 2.72 bits per heavy atom. The summed E-state index contributed by atoms with van der Waals surface area (Å²) in [4.78, 5) is 25.2. The fourth-order valence-corrected chi connectivity index (χ4v) is 3.37. The Balaban J connectivity index is 1.71. The summed E-state index contributed by atoms with van der Waals surface area (Å²) in [6, 6.07) is 11.8. The number of benzene rings is 2. The Morgan fingerprint density at radius 2 is 1.97 bits per heavy atom. The maximum Gasteiger partial charge on any atom is 0.247 e. The second kappa shape index (κ2) is 7.67. The number of imidazole rings is 1. The topological polar surface area (TPSA) is 72.7 Å². The molecule has 0 saturated carbocycles. The van der Waals surface area contributed by atoms with E-state index in [0.29, 0.717) is 17.9 Å². The number of nitrogens with one attached hydrogen (secondary N) is 1. The molecule has 0 atom stereocenters. The largest absolute Gasteiger partial charge is 0.322 e. The first kappa shape index (κ1) is 18.6. The molecule has 0 bridgehead atoms. The lowest BCUT2D eigenvalue weighted by Gasteiger charge is -2.10. The normalized spacial score (nSPS) is 10.8. The number of fused-ring (bicyclic) bond motifs is 1. The van der Waals surface area contributed by atoms with Crippen molar-refractivity contribution in [1.82, 2.24) is 19.5 Å². The van der Waals surface area contributed by atoms with E-state index in [2.05, 4.69) is 53.9 Å². The molecule has 2 heterocycles. The van der Waals surface area contributed by atoms with Gasteiger partial charge in [-0.3, -0.25) is 14.3 Å². The van der Waals surface area contributed by atoms with E-state index >= 15 is 0 Å². The van der Waals surface area contributed by atoms with Crippen molar-refractivity contribution < 1.29 is 4.79 Å². The van der Waals surface area contributed by atoms with Gasteiger partial charge in [-0.25, -0.2) is 9.97 Å². The number of rotatable bonds is 5. The summed E-state index contributed by atoms with van der Waals surface area (Å²) in [5.74, 6) is 0.425. The van der Waals surface area contributed by atoms with Gasteiger partial charge >= 0.3 is 0 Å². The van der Waals surface area contributed by atoms with Crippen LogP contribution in [0.3, 0.4) is 0 Å². The lowest BCUT2D eigenvalue weighted by Crippen LogP contribution is -2.07. The van der Waals surface area contributed by atoms with Crippen molar-refractivity contribution >= 4 is 22.6 Å². The molecular formula is C23H21N5O. The molecule has 144 valence electrons. The van der Waals surface area contributed by atoms with E-state index in [1.807, 2.05) is 22.8 Å². The van der Waals surface area contributed by atoms with Crippen molar-refractivity contribution in [3.63, 3.8) is 0 Å². The van der Waals surface area contributed by atoms with Crippen LogP contribution >= 0.6 is 0 Å². The van der Waals surface area contributed by atoms with Gasteiger partial charge in [-0.05, 0) is 54.8 Å². The van der Waals surface area contributed by atoms with Gasteiger partial charge < -0.3 is 5.32 Å². The highest BCUT2D eigenvalue weighted by Crippen LogP contribution is 2.22. The minimum absolute atomic E-state index is 0.259. The Hall–Kier alpha value is -3.80. The third-order valence-electron chi connectivity index (χ3n) is 4.92. The van der Waals surface area contributed by atoms with E-state index < -0.39 is 0 Å². The number of carbonyl (C=O) groups excluding carboxylic acids is 1. The predicted molar refractivity (Wildman–Crippen MR) is 114 cm³/mol. The van der Waals surface area contributed by atoms with Crippen LogP contribution in [0.15, 0.2) is 67.8 Å². The number of hydrogen-bond acceptors (Lipinski definition) is 4. The monoisotopic (exact) mass is 383 g/mol. The summed E-state index contributed by atoms with van der Waals surface area (Å²) in [7, 11) is 0. The molecule has 4 rings (SSSR count). The summed E-state index contributed by atoms with van der Waals surface area (Å²) in [6.45, 7) is 7.71. The summed E-state index contributed by atoms with van der Waals surface area (Å²) in [5.41, 5.74) is 6.96.